The van der Waals surface area contributed by atoms with Gasteiger partial charge in [-0.3, -0.25) is 0 Å². The van der Waals surface area contributed by atoms with E-state index in [4.69, 9.17) is 0 Å². The standard InChI is InChI=1S/C17H32O.C10H18O.C6H10O/c1-3-17(2)15-13-11-9-7-5-4-6-8-10-12-14-16-18;1-2-3-4-5-6-7-8-9-10-11;1-2-3-4-5-6-7/h5,7,16-17H,3-4,6,8-15H2,1-2H3;6-7,10H,2-5,8-9H2,1H3;3-4,6H,2,5H2,1H3. The van der Waals surface area contributed by atoms with Crippen LogP contribution in [0.2, 0.25) is 0 Å². The first-order valence-corrected chi connectivity index (χ1v) is 14.9. The molecule has 1 atom stereocenters. The van der Waals surface area contributed by atoms with Crippen molar-refractivity contribution in [2.75, 3.05) is 0 Å². The summed E-state index contributed by atoms with van der Waals surface area (Å²) in [6, 6.07) is 0. The van der Waals surface area contributed by atoms with E-state index in [1.54, 1.807) is 0 Å². The largest absolute Gasteiger partial charge is 0.303 e. The lowest BCUT2D eigenvalue weighted by atomic mass is 10.0. The molecule has 210 valence electrons. The molecule has 0 aromatic rings. The van der Waals surface area contributed by atoms with Crippen molar-refractivity contribution in [3.8, 4) is 0 Å². The van der Waals surface area contributed by atoms with E-state index in [1.807, 2.05) is 19.1 Å². The quantitative estimate of drug-likeness (QED) is 0.0789. The molecular formula is C33H60O3. The van der Waals surface area contributed by atoms with Gasteiger partial charge in [0.2, 0.25) is 0 Å². The predicted octanol–water partition coefficient (Wildman–Crippen LogP) is 10.3. The molecule has 0 rings (SSSR count). The van der Waals surface area contributed by atoms with Crippen LogP contribution in [-0.4, -0.2) is 18.9 Å². The lowest BCUT2D eigenvalue weighted by Gasteiger charge is -2.06. The molecule has 3 heteroatoms. The van der Waals surface area contributed by atoms with E-state index in [9.17, 15) is 14.4 Å². The first-order chi connectivity index (χ1) is 17.6. The highest BCUT2D eigenvalue weighted by molar-refractivity contribution is 5.51. The molecule has 3 nitrogen and oxygen atoms in total. The lowest BCUT2D eigenvalue weighted by molar-refractivity contribution is -0.108. The summed E-state index contributed by atoms with van der Waals surface area (Å²) >= 11 is 0. The number of carbonyl (C=O) groups is 3. The van der Waals surface area contributed by atoms with Gasteiger partial charge in [0, 0.05) is 19.3 Å². The maximum absolute atomic E-state index is 10.1. The zero-order valence-corrected chi connectivity index (χ0v) is 24.4. The highest BCUT2D eigenvalue weighted by atomic mass is 16.1. The Morgan fingerprint density at radius 1 is 0.500 bits per heavy atom. The van der Waals surface area contributed by atoms with Crippen molar-refractivity contribution >= 4 is 18.9 Å². The third-order valence-electron chi connectivity index (χ3n) is 5.85. The molecule has 0 aliphatic carbocycles. The maximum atomic E-state index is 10.1. The molecule has 0 amide bonds. The Balaban J connectivity index is -0.000000512. The molecule has 0 saturated heterocycles. The van der Waals surface area contributed by atoms with E-state index >= 15 is 0 Å². The second kappa shape index (κ2) is 40.4. The number of hydrogen-bond acceptors (Lipinski definition) is 3. The second-order valence-electron chi connectivity index (χ2n) is 9.42. The van der Waals surface area contributed by atoms with E-state index in [0.29, 0.717) is 12.8 Å². The molecule has 0 aliphatic rings. The Hall–Kier alpha value is -1.77. The fourth-order valence-corrected chi connectivity index (χ4v) is 3.27. The highest BCUT2D eigenvalue weighted by Crippen LogP contribution is 2.12. The van der Waals surface area contributed by atoms with E-state index in [1.165, 1.54) is 83.5 Å². The van der Waals surface area contributed by atoms with Crippen molar-refractivity contribution in [1.29, 1.82) is 0 Å². The number of rotatable bonds is 23. The first-order valence-electron chi connectivity index (χ1n) is 14.9. The fourth-order valence-electron chi connectivity index (χ4n) is 3.27. The molecule has 0 saturated carbocycles. The second-order valence-corrected chi connectivity index (χ2v) is 9.42. The molecule has 0 aromatic carbocycles. The number of hydrogen-bond donors (Lipinski definition) is 0. The van der Waals surface area contributed by atoms with Crippen LogP contribution in [0.15, 0.2) is 36.5 Å². The normalized spacial score (nSPS) is 11.7. The average Bonchev–Trinajstić information content (AvgIpc) is 2.90. The van der Waals surface area contributed by atoms with Crippen molar-refractivity contribution in [3.05, 3.63) is 36.5 Å². The van der Waals surface area contributed by atoms with Crippen molar-refractivity contribution in [3.63, 3.8) is 0 Å². The Morgan fingerprint density at radius 2 is 1.03 bits per heavy atom. The molecule has 0 aliphatic heterocycles. The zero-order chi connectivity index (χ0) is 27.4. The Kier molecular flexibility index (Phi) is 43.5. The minimum atomic E-state index is 0.563. The fraction of sp³-hybridized carbons (Fsp3) is 0.727. The maximum Gasteiger partial charge on any atom is 0.123 e. The highest BCUT2D eigenvalue weighted by Gasteiger charge is 1.96. The SMILES string of the molecule is CCC(C)CCCCC=CCCCCCCC=O.CCC=CCC=O.CCCCCC=CCCC=O. The van der Waals surface area contributed by atoms with Gasteiger partial charge in [-0.1, -0.05) is 109 Å². The van der Waals surface area contributed by atoms with Gasteiger partial charge < -0.3 is 14.4 Å². The first kappa shape index (κ1) is 38.8. The minimum absolute atomic E-state index is 0.563. The van der Waals surface area contributed by atoms with Gasteiger partial charge in [0.1, 0.15) is 18.9 Å². The van der Waals surface area contributed by atoms with Crippen LogP contribution in [0.5, 0.6) is 0 Å². The van der Waals surface area contributed by atoms with E-state index < -0.39 is 0 Å². The van der Waals surface area contributed by atoms with Crippen LogP contribution in [0.25, 0.3) is 0 Å². The van der Waals surface area contributed by atoms with Crippen molar-refractivity contribution in [2.45, 2.75) is 150 Å². The predicted molar refractivity (Wildman–Crippen MR) is 160 cm³/mol. The zero-order valence-electron chi connectivity index (χ0n) is 24.4. The Morgan fingerprint density at radius 3 is 1.53 bits per heavy atom. The van der Waals surface area contributed by atoms with E-state index in [2.05, 4.69) is 45.1 Å². The number of aldehydes is 3. The van der Waals surface area contributed by atoms with Crippen LogP contribution in [0.4, 0.5) is 0 Å². The van der Waals surface area contributed by atoms with Crippen LogP contribution in [0, 0.1) is 5.92 Å². The van der Waals surface area contributed by atoms with Gasteiger partial charge >= 0.3 is 0 Å². The summed E-state index contributed by atoms with van der Waals surface area (Å²) in [4.78, 5) is 29.6. The summed E-state index contributed by atoms with van der Waals surface area (Å²) in [5.74, 6) is 0.903. The number of allylic oxidation sites excluding steroid dienone is 6. The molecule has 0 aromatic heterocycles. The molecular weight excluding hydrogens is 444 g/mol. The third-order valence-corrected chi connectivity index (χ3v) is 5.85. The summed E-state index contributed by atoms with van der Waals surface area (Å²) < 4.78 is 0. The van der Waals surface area contributed by atoms with Crippen LogP contribution >= 0.6 is 0 Å². The summed E-state index contributed by atoms with van der Waals surface area (Å²) in [5.41, 5.74) is 0. The van der Waals surface area contributed by atoms with Gasteiger partial charge in [-0.2, -0.15) is 0 Å². The van der Waals surface area contributed by atoms with Gasteiger partial charge in [-0.25, -0.2) is 0 Å². The summed E-state index contributed by atoms with van der Waals surface area (Å²) in [7, 11) is 0. The molecule has 36 heavy (non-hydrogen) atoms. The Bertz CT molecular complexity index is 505. The van der Waals surface area contributed by atoms with Crippen molar-refractivity contribution in [2.24, 2.45) is 5.92 Å². The van der Waals surface area contributed by atoms with Gasteiger partial charge in [0.15, 0.2) is 0 Å². The molecule has 0 N–H and O–H groups in total. The molecule has 0 bridgehead atoms. The topological polar surface area (TPSA) is 51.2 Å². The van der Waals surface area contributed by atoms with Crippen molar-refractivity contribution < 1.29 is 14.4 Å². The van der Waals surface area contributed by atoms with Gasteiger partial charge in [0.25, 0.3) is 0 Å². The van der Waals surface area contributed by atoms with Crippen molar-refractivity contribution in [1.82, 2.24) is 0 Å². The molecule has 1 unspecified atom stereocenters. The molecule has 0 heterocycles. The van der Waals surface area contributed by atoms with Crippen LogP contribution < -0.4 is 0 Å². The Labute approximate surface area is 225 Å². The summed E-state index contributed by atoms with van der Waals surface area (Å²) in [5, 5.41) is 0. The molecule has 0 fully saturated rings. The summed E-state index contributed by atoms with van der Waals surface area (Å²) in [6.07, 6.45) is 37.4. The average molecular weight is 505 g/mol. The van der Waals surface area contributed by atoms with Gasteiger partial charge in [-0.05, 0) is 63.7 Å². The smallest absolute Gasteiger partial charge is 0.123 e. The molecule has 0 spiro atoms. The molecule has 0 radical (unpaired) electrons. The van der Waals surface area contributed by atoms with E-state index in [-0.39, 0.29) is 0 Å². The number of unbranched alkanes of at least 4 members (excludes halogenated alkanes) is 11. The van der Waals surface area contributed by atoms with Crippen LogP contribution in [0.3, 0.4) is 0 Å². The van der Waals surface area contributed by atoms with Gasteiger partial charge in [-0.15, -0.1) is 0 Å². The summed E-state index contributed by atoms with van der Waals surface area (Å²) in [6.45, 7) is 8.87. The third kappa shape index (κ3) is 45.7. The lowest BCUT2D eigenvalue weighted by Crippen LogP contribution is -1.90. The monoisotopic (exact) mass is 504 g/mol. The number of carbonyl (C=O) groups excluding carboxylic acids is 3. The minimum Gasteiger partial charge on any atom is -0.303 e. The van der Waals surface area contributed by atoms with Crippen LogP contribution in [0.1, 0.15) is 150 Å². The van der Waals surface area contributed by atoms with Crippen LogP contribution in [-0.2, 0) is 14.4 Å². The van der Waals surface area contributed by atoms with E-state index in [0.717, 1.165) is 50.5 Å². The van der Waals surface area contributed by atoms with Gasteiger partial charge in [0.05, 0.1) is 0 Å².